The van der Waals surface area contributed by atoms with E-state index in [1.165, 1.54) is 19.3 Å². The lowest BCUT2D eigenvalue weighted by molar-refractivity contribution is 0.00871. The van der Waals surface area contributed by atoms with E-state index in [2.05, 4.69) is 19.0 Å². The van der Waals surface area contributed by atoms with E-state index in [-0.39, 0.29) is 11.4 Å². The number of carbonyl (C=O) groups is 1. The van der Waals surface area contributed by atoms with Crippen LogP contribution in [0, 0.1) is 5.41 Å². The first-order valence-electron chi connectivity index (χ1n) is 7.68. The highest BCUT2D eigenvalue weighted by atomic mass is 16.5. The second-order valence-corrected chi connectivity index (χ2v) is 6.50. The summed E-state index contributed by atoms with van der Waals surface area (Å²) in [7, 11) is 4.16. The molecule has 0 unspecified atom stereocenters. The van der Waals surface area contributed by atoms with Crippen LogP contribution in [0.5, 0.6) is 0 Å². The van der Waals surface area contributed by atoms with E-state index in [1.807, 2.05) is 0 Å². The average molecular weight is 290 g/mol. The average Bonchev–Trinajstić information content (AvgIpc) is 2.46. The van der Waals surface area contributed by atoms with E-state index in [9.17, 15) is 4.79 Å². The van der Waals surface area contributed by atoms with Crippen molar-refractivity contribution in [3.63, 3.8) is 0 Å². The van der Waals surface area contributed by atoms with Gasteiger partial charge in [-0.2, -0.15) is 0 Å². The molecule has 0 aromatic heterocycles. The first kappa shape index (κ1) is 15.8. The fourth-order valence-corrected chi connectivity index (χ4v) is 3.24. The Kier molecular flexibility index (Phi) is 5.23. The summed E-state index contributed by atoms with van der Waals surface area (Å²) in [4.78, 5) is 14.3. The number of benzene rings is 1. The van der Waals surface area contributed by atoms with Crippen LogP contribution in [0.2, 0.25) is 0 Å². The topological polar surface area (TPSA) is 55.6 Å². The van der Waals surface area contributed by atoms with Crippen LogP contribution in [0.3, 0.4) is 0 Å². The van der Waals surface area contributed by atoms with Crippen LogP contribution in [-0.2, 0) is 4.74 Å². The Morgan fingerprint density at radius 3 is 2.38 bits per heavy atom. The molecule has 4 heteroatoms. The molecule has 1 aliphatic carbocycles. The molecule has 0 saturated heterocycles. The maximum atomic E-state index is 12.1. The largest absolute Gasteiger partial charge is 0.461 e. The van der Waals surface area contributed by atoms with Gasteiger partial charge < -0.3 is 15.4 Å². The highest BCUT2D eigenvalue weighted by Gasteiger charge is 2.34. The van der Waals surface area contributed by atoms with Crippen molar-refractivity contribution < 1.29 is 9.53 Å². The number of nitrogens with two attached hydrogens (primary N) is 1. The third-order valence-electron chi connectivity index (χ3n) is 4.22. The summed E-state index contributed by atoms with van der Waals surface area (Å²) in [5, 5.41) is 0. The van der Waals surface area contributed by atoms with Crippen molar-refractivity contribution in [2.24, 2.45) is 5.41 Å². The predicted molar refractivity (Wildman–Crippen MR) is 85.2 cm³/mol. The molecule has 0 aliphatic heterocycles. The molecule has 0 spiro atoms. The number of nitrogens with zero attached hydrogens (tertiary/aromatic N) is 1. The Morgan fingerprint density at radius 2 is 1.81 bits per heavy atom. The molecular formula is C17H26N2O2. The summed E-state index contributed by atoms with van der Waals surface area (Å²) in [5.74, 6) is -0.251. The molecular weight excluding hydrogens is 264 g/mol. The van der Waals surface area contributed by atoms with E-state index in [0.29, 0.717) is 17.9 Å². The molecule has 2 rings (SSSR count). The van der Waals surface area contributed by atoms with Crippen LogP contribution in [0.25, 0.3) is 0 Å². The van der Waals surface area contributed by atoms with Crippen LogP contribution >= 0.6 is 0 Å². The molecule has 116 valence electrons. The number of hydrogen-bond acceptors (Lipinski definition) is 4. The van der Waals surface area contributed by atoms with Gasteiger partial charge in [-0.25, -0.2) is 4.79 Å². The second-order valence-electron chi connectivity index (χ2n) is 6.50. The molecule has 21 heavy (non-hydrogen) atoms. The number of nitrogen functional groups attached to an aromatic ring is 1. The van der Waals surface area contributed by atoms with Gasteiger partial charge in [-0.15, -0.1) is 0 Å². The summed E-state index contributed by atoms with van der Waals surface area (Å²) in [6, 6.07) is 6.90. The molecule has 2 N–H and O–H groups in total. The maximum Gasteiger partial charge on any atom is 0.338 e. The summed E-state index contributed by atoms with van der Waals surface area (Å²) >= 11 is 0. The molecule has 0 amide bonds. The molecule has 1 aliphatic rings. The molecule has 0 atom stereocenters. The van der Waals surface area contributed by atoms with Crippen LogP contribution in [0.15, 0.2) is 24.3 Å². The number of ether oxygens (including phenoxy) is 1. The van der Waals surface area contributed by atoms with Gasteiger partial charge in [0.15, 0.2) is 0 Å². The van der Waals surface area contributed by atoms with Crippen molar-refractivity contribution in [3.05, 3.63) is 29.8 Å². The zero-order chi connectivity index (χ0) is 15.3. The Labute approximate surface area is 127 Å². The number of carbonyl (C=O) groups excluding carboxylic acids is 1. The first-order valence-corrected chi connectivity index (χ1v) is 7.68. The van der Waals surface area contributed by atoms with Gasteiger partial charge in [-0.05, 0) is 51.2 Å². The monoisotopic (exact) mass is 290 g/mol. The van der Waals surface area contributed by atoms with Gasteiger partial charge in [0.1, 0.15) is 0 Å². The molecule has 0 bridgehead atoms. The van der Waals surface area contributed by atoms with Crippen molar-refractivity contribution in [1.29, 1.82) is 0 Å². The van der Waals surface area contributed by atoms with Crippen molar-refractivity contribution >= 4 is 11.7 Å². The molecule has 1 aromatic carbocycles. The van der Waals surface area contributed by atoms with Gasteiger partial charge in [0.2, 0.25) is 0 Å². The normalized spacial score (nSPS) is 17.7. The Balaban J connectivity index is 1.97. The quantitative estimate of drug-likeness (QED) is 0.669. The Morgan fingerprint density at radius 1 is 1.19 bits per heavy atom. The fraction of sp³-hybridized carbons (Fsp3) is 0.588. The minimum atomic E-state index is -0.251. The predicted octanol–water partition coefficient (Wildman–Crippen LogP) is 2.94. The molecule has 0 heterocycles. The number of rotatable bonds is 5. The SMILES string of the molecule is CN(C)CC1(COC(=O)c2ccc(N)cc2)CCCCC1. The highest BCUT2D eigenvalue weighted by Crippen LogP contribution is 2.37. The zero-order valence-electron chi connectivity index (χ0n) is 13.1. The smallest absolute Gasteiger partial charge is 0.338 e. The lowest BCUT2D eigenvalue weighted by Gasteiger charge is -2.38. The van der Waals surface area contributed by atoms with Gasteiger partial charge in [0.25, 0.3) is 0 Å². The lowest BCUT2D eigenvalue weighted by atomic mass is 9.74. The zero-order valence-corrected chi connectivity index (χ0v) is 13.1. The summed E-state index contributed by atoms with van der Waals surface area (Å²) in [6.07, 6.45) is 6.03. The van der Waals surface area contributed by atoms with E-state index in [1.54, 1.807) is 24.3 Å². The Bertz CT molecular complexity index is 462. The van der Waals surface area contributed by atoms with Gasteiger partial charge in [-0.3, -0.25) is 0 Å². The van der Waals surface area contributed by atoms with Gasteiger partial charge >= 0.3 is 5.97 Å². The van der Waals surface area contributed by atoms with Crippen LogP contribution in [0.4, 0.5) is 5.69 Å². The lowest BCUT2D eigenvalue weighted by Crippen LogP contribution is -2.40. The standard InChI is InChI=1S/C17H26N2O2/c1-19(2)12-17(10-4-3-5-11-17)13-21-16(20)14-6-8-15(18)9-7-14/h6-9H,3-5,10-13,18H2,1-2H3. The third kappa shape index (κ3) is 4.46. The van der Waals surface area contributed by atoms with Gasteiger partial charge in [-0.1, -0.05) is 19.3 Å². The van der Waals surface area contributed by atoms with Crippen LogP contribution < -0.4 is 5.73 Å². The Hall–Kier alpha value is -1.55. The first-order chi connectivity index (χ1) is 10.0. The summed E-state index contributed by atoms with van der Waals surface area (Å²) in [5.41, 5.74) is 6.98. The number of esters is 1. The summed E-state index contributed by atoms with van der Waals surface area (Å²) < 4.78 is 5.61. The minimum absolute atomic E-state index is 0.116. The van der Waals surface area contributed by atoms with Crippen molar-refractivity contribution in [3.8, 4) is 0 Å². The van der Waals surface area contributed by atoms with Gasteiger partial charge in [0, 0.05) is 17.6 Å². The van der Waals surface area contributed by atoms with E-state index in [0.717, 1.165) is 19.4 Å². The number of hydrogen-bond donors (Lipinski definition) is 1. The second kappa shape index (κ2) is 6.94. The fourth-order valence-electron chi connectivity index (χ4n) is 3.24. The van der Waals surface area contributed by atoms with Crippen molar-refractivity contribution in [2.45, 2.75) is 32.1 Å². The van der Waals surface area contributed by atoms with Crippen molar-refractivity contribution in [2.75, 3.05) is 33.0 Å². The molecule has 1 saturated carbocycles. The minimum Gasteiger partial charge on any atom is -0.461 e. The number of anilines is 1. The van der Waals surface area contributed by atoms with Gasteiger partial charge in [0.05, 0.1) is 12.2 Å². The third-order valence-corrected chi connectivity index (χ3v) is 4.22. The van der Waals surface area contributed by atoms with E-state index < -0.39 is 0 Å². The molecule has 4 nitrogen and oxygen atoms in total. The molecule has 1 aromatic rings. The maximum absolute atomic E-state index is 12.1. The molecule has 0 radical (unpaired) electrons. The highest BCUT2D eigenvalue weighted by molar-refractivity contribution is 5.89. The van der Waals surface area contributed by atoms with Crippen molar-refractivity contribution in [1.82, 2.24) is 4.90 Å². The molecule has 1 fully saturated rings. The van der Waals surface area contributed by atoms with E-state index in [4.69, 9.17) is 10.5 Å². The van der Waals surface area contributed by atoms with E-state index >= 15 is 0 Å². The summed E-state index contributed by atoms with van der Waals surface area (Å²) in [6.45, 7) is 1.48. The van der Waals surface area contributed by atoms with Crippen LogP contribution in [0.1, 0.15) is 42.5 Å². The van der Waals surface area contributed by atoms with Crippen LogP contribution in [-0.4, -0.2) is 38.1 Å².